The first-order chi connectivity index (χ1) is 17.5. The predicted molar refractivity (Wildman–Crippen MR) is 151 cm³/mol. The topological polar surface area (TPSA) is 185 Å². The quantitative estimate of drug-likeness (QED) is 0.123. The predicted octanol–water partition coefficient (Wildman–Crippen LogP) is -7.85. The minimum absolute atomic E-state index is 0. The van der Waals surface area contributed by atoms with Gasteiger partial charge in [-0.1, -0.05) is 166 Å². The first-order valence-corrected chi connectivity index (χ1v) is 18.6. The molecule has 240 valence electrons. The van der Waals surface area contributed by atoms with Gasteiger partial charge in [-0.05, 0) is 0 Å². The Hall–Kier alpha value is 5.41. The van der Waals surface area contributed by atoms with Crippen LogP contribution in [0.15, 0.2) is 0 Å². The first-order valence-electron chi connectivity index (χ1n) is 14.3. The van der Waals surface area contributed by atoms with Crippen LogP contribution >= 0.6 is 23.5 Å². The summed E-state index contributed by atoms with van der Waals surface area (Å²) in [5.41, 5.74) is 0. The van der Waals surface area contributed by atoms with Crippen LogP contribution in [0.1, 0.15) is 166 Å². The molecule has 43 heavy (non-hydrogen) atoms. The summed E-state index contributed by atoms with van der Waals surface area (Å²) in [6, 6.07) is 0. The van der Waals surface area contributed by atoms with E-state index in [2.05, 4.69) is 77.9 Å². The molecule has 0 heterocycles. The van der Waals surface area contributed by atoms with Gasteiger partial charge in [0.1, 0.15) is 0 Å². The standard InChI is InChI=1S/5C5H12.5Na.H5O10P3/c5*1-3-5-4-2;;;;;;1-11(2,3)9-13(7,8)10-12(4,5)6/h5*3-5H2,1-2H3;;;;;;(H,7,8)(H2,1,2,3)(H2,4,5,6)/q;;;;;5*+1;/p-5. The number of hydrogen-bond donors (Lipinski definition) is 0. The van der Waals surface area contributed by atoms with E-state index in [0.29, 0.717) is 0 Å². The second kappa shape index (κ2) is 62.5. The molecule has 0 aliphatic heterocycles. The van der Waals surface area contributed by atoms with Gasteiger partial charge in [0.2, 0.25) is 0 Å². The van der Waals surface area contributed by atoms with Crippen LogP contribution in [0.3, 0.4) is 0 Å². The summed E-state index contributed by atoms with van der Waals surface area (Å²) >= 11 is 0. The first kappa shape index (κ1) is 77.7. The van der Waals surface area contributed by atoms with Gasteiger partial charge in [0.15, 0.2) is 0 Å². The van der Waals surface area contributed by atoms with E-state index in [1.165, 1.54) is 96.3 Å². The second-order valence-electron chi connectivity index (χ2n) is 8.27. The molecule has 0 amide bonds. The van der Waals surface area contributed by atoms with Gasteiger partial charge < -0.3 is 33.6 Å². The van der Waals surface area contributed by atoms with Crippen LogP contribution in [-0.2, 0) is 22.3 Å². The summed E-state index contributed by atoms with van der Waals surface area (Å²) in [4.78, 5) is 48.6. The third-order valence-corrected chi connectivity index (χ3v) is 7.14. The maximum atomic E-state index is 10.1. The maximum absolute atomic E-state index is 10.1. The van der Waals surface area contributed by atoms with Crippen LogP contribution in [0.4, 0.5) is 0 Å². The molecule has 0 N–H and O–H groups in total. The molecule has 0 bridgehead atoms. The van der Waals surface area contributed by atoms with Crippen molar-refractivity contribution in [3.05, 3.63) is 0 Å². The Bertz CT molecular complexity index is 487. The third kappa shape index (κ3) is 130. The molecule has 0 aromatic carbocycles. The summed E-state index contributed by atoms with van der Waals surface area (Å²) < 4.78 is 34.7. The van der Waals surface area contributed by atoms with Gasteiger partial charge in [-0.3, -0.25) is 13.2 Å². The van der Waals surface area contributed by atoms with Crippen LogP contribution in [0.25, 0.3) is 0 Å². The summed E-state index contributed by atoms with van der Waals surface area (Å²) in [6.07, 6.45) is 20.4. The van der Waals surface area contributed by atoms with Gasteiger partial charge in [-0.25, -0.2) is 0 Å². The smallest absolute Gasteiger partial charge is 0.790 e. The minimum Gasteiger partial charge on any atom is -0.790 e. The Kier molecular flexibility index (Phi) is 113. The van der Waals surface area contributed by atoms with Gasteiger partial charge >= 0.3 is 148 Å². The Labute approximate surface area is 377 Å². The molecule has 0 saturated heterocycles. The molecule has 0 rings (SSSR count). The van der Waals surface area contributed by atoms with Crippen molar-refractivity contribution in [2.75, 3.05) is 0 Å². The van der Waals surface area contributed by atoms with Crippen LogP contribution in [0.5, 0.6) is 0 Å². The zero-order chi connectivity index (χ0) is 31.5. The minimum atomic E-state index is -5.97. The van der Waals surface area contributed by atoms with E-state index in [4.69, 9.17) is 0 Å². The Balaban J connectivity index is -0.0000000329. The molecule has 0 atom stereocenters. The van der Waals surface area contributed by atoms with E-state index in [1.54, 1.807) is 0 Å². The second-order valence-corrected chi connectivity index (χ2v) is 12.3. The van der Waals surface area contributed by atoms with Gasteiger partial charge in [-0.15, -0.1) is 0 Å². The van der Waals surface area contributed by atoms with Crippen molar-refractivity contribution in [3.63, 3.8) is 0 Å². The number of rotatable bonds is 14. The van der Waals surface area contributed by atoms with Gasteiger partial charge in [0.25, 0.3) is 7.82 Å². The SMILES string of the molecule is CCCCC.CCCCC.CCCCC.CCCCC.CCCCC.O=P([O-])([O-])OP(=O)([O-])OP(=O)([O-])[O-].[Na+].[Na+].[Na+].[Na+].[Na+]. The van der Waals surface area contributed by atoms with Gasteiger partial charge in [0.05, 0.1) is 15.6 Å². The van der Waals surface area contributed by atoms with Crippen molar-refractivity contribution in [1.82, 2.24) is 0 Å². The van der Waals surface area contributed by atoms with Crippen molar-refractivity contribution in [3.8, 4) is 0 Å². The maximum Gasteiger partial charge on any atom is 1.00 e. The molecule has 10 nitrogen and oxygen atoms in total. The van der Waals surface area contributed by atoms with Crippen LogP contribution < -0.4 is 172 Å². The molecule has 0 saturated carbocycles. The Morgan fingerprint density at radius 2 is 0.465 bits per heavy atom. The monoisotopic (exact) mass is 728 g/mol. The normalized spacial score (nSPS) is 9.28. The van der Waals surface area contributed by atoms with Crippen LogP contribution in [0.2, 0.25) is 0 Å². The number of phosphoric acid groups is 3. The zero-order valence-corrected chi connectivity index (χ0v) is 43.7. The van der Waals surface area contributed by atoms with Crippen molar-refractivity contribution < 1.29 is 195 Å². The number of hydrogen-bond acceptors (Lipinski definition) is 10. The molecule has 0 aromatic heterocycles. The van der Waals surface area contributed by atoms with Gasteiger partial charge in [-0.2, -0.15) is 0 Å². The van der Waals surface area contributed by atoms with E-state index in [0.717, 1.165) is 0 Å². The molecule has 0 fully saturated rings. The van der Waals surface area contributed by atoms with Crippen molar-refractivity contribution in [2.24, 2.45) is 0 Å². The van der Waals surface area contributed by atoms with Crippen molar-refractivity contribution in [1.29, 1.82) is 0 Å². The van der Waals surface area contributed by atoms with E-state index >= 15 is 0 Å². The molecule has 0 aliphatic carbocycles. The fraction of sp³-hybridized carbons (Fsp3) is 1.00. The largest absolute Gasteiger partial charge is 1.00 e. The molecule has 0 aliphatic rings. The van der Waals surface area contributed by atoms with E-state index in [1.807, 2.05) is 0 Å². The third-order valence-electron chi connectivity index (χ3n) is 3.94. The molecule has 0 radical (unpaired) electrons. The number of unbranched alkanes of at least 4 members (excludes halogenated alkanes) is 10. The molecule has 0 unspecified atom stereocenters. The average molecular weight is 729 g/mol. The summed E-state index contributed by atoms with van der Waals surface area (Å²) in [5, 5.41) is 0. The summed E-state index contributed by atoms with van der Waals surface area (Å²) in [5.74, 6) is 0. The summed E-state index contributed by atoms with van der Waals surface area (Å²) in [6.45, 7) is 22.1. The Morgan fingerprint density at radius 3 is 0.512 bits per heavy atom. The van der Waals surface area contributed by atoms with Gasteiger partial charge in [0, 0.05) is 0 Å². The van der Waals surface area contributed by atoms with Crippen molar-refractivity contribution >= 4 is 23.5 Å². The average Bonchev–Trinajstić information content (AvgIpc) is 2.75. The van der Waals surface area contributed by atoms with E-state index < -0.39 is 23.5 Å². The molecule has 0 aromatic rings. The molecular weight excluding hydrogens is 668 g/mol. The molecular formula is C25H60Na5O10P3. The van der Waals surface area contributed by atoms with E-state index in [-0.39, 0.29) is 148 Å². The van der Waals surface area contributed by atoms with Crippen molar-refractivity contribution in [2.45, 2.75) is 166 Å². The molecule has 18 heteroatoms. The fourth-order valence-electron chi connectivity index (χ4n) is 2.03. The zero-order valence-electron chi connectivity index (χ0n) is 31.0. The Morgan fingerprint density at radius 1 is 0.349 bits per heavy atom. The van der Waals surface area contributed by atoms with E-state index in [9.17, 15) is 38.2 Å². The summed E-state index contributed by atoms with van der Waals surface area (Å²) in [7, 11) is -17.9. The van der Waals surface area contributed by atoms with Crippen LogP contribution in [-0.4, -0.2) is 0 Å². The van der Waals surface area contributed by atoms with Crippen LogP contribution in [0, 0.1) is 0 Å². The molecule has 0 spiro atoms. The fourth-order valence-corrected chi connectivity index (χ4v) is 4.37.